The molecular weight excluding hydrogens is 220 g/mol. The van der Waals surface area contributed by atoms with Gasteiger partial charge in [-0.3, -0.25) is 0 Å². The lowest BCUT2D eigenvalue weighted by Gasteiger charge is -2.07. The molecule has 0 saturated heterocycles. The number of esters is 1. The maximum atomic E-state index is 11.3. The number of ether oxygens (including phenoxy) is 1. The molecule has 0 aromatic heterocycles. The molecular formula is C13H14O4. The van der Waals surface area contributed by atoms with Crippen molar-refractivity contribution in [1.82, 2.24) is 0 Å². The first-order chi connectivity index (χ1) is 7.95. The van der Waals surface area contributed by atoms with E-state index in [1.165, 1.54) is 12.1 Å². The van der Waals surface area contributed by atoms with Crippen LogP contribution < -0.4 is 4.74 Å². The van der Waals surface area contributed by atoms with Crippen LogP contribution in [0.15, 0.2) is 30.4 Å². The second-order valence-corrected chi connectivity index (χ2v) is 3.65. The van der Waals surface area contributed by atoms with Gasteiger partial charge in [-0.25, -0.2) is 9.59 Å². The third-order valence-corrected chi connectivity index (χ3v) is 2.25. The van der Waals surface area contributed by atoms with Gasteiger partial charge in [-0.2, -0.15) is 0 Å². The number of carbonyl (C=O) groups is 2. The van der Waals surface area contributed by atoms with Crippen molar-refractivity contribution >= 4 is 11.9 Å². The second-order valence-electron chi connectivity index (χ2n) is 3.65. The molecule has 0 radical (unpaired) electrons. The maximum Gasteiger partial charge on any atom is 0.338 e. The molecule has 0 amide bonds. The highest BCUT2D eigenvalue weighted by atomic mass is 16.5. The van der Waals surface area contributed by atoms with Gasteiger partial charge >= 0.3 is 11.9 Å². The van der Waals surface area contributed by atoms with Crippen molar-refractivity contribution in [2.75, 3.05) is 0 Å². The van der Waals surface area contributed by atoms with Crippen LogP contribution in [0.2, 0.25) is 0 Å². The van der Waals surface area contributed by atoms with E-state index in [-0.39, 0.29) is 5.56 Å². The van der Waals surface area contributed by atoms with E-state index in [2.05, 4.69) is 6.58 Å². The highest BCUT2D eigenvalue weighted by Crippen LogP contribution is 2.19. The molecule has 0 aliphatic rings. The summed E-state index contributed by atoms with van der Waals surface area (Å²) in [6.07, 6.45) is 0.556. The van der Waals surface area contributed by atoms with Crippen molar-refractivity contribution < 1.29 is 19.4 Å². The number of carboxylic acid groups (broad SMARTS) is 1. The predicted octanol–water partition coefficient (Wildman–Crippen LogP) is 2.43. The van der Waals surface area contributed by atoms with Gasteiger partial charge in [0.15, 0.2) is 0 Å². The minimum atomic E-state index is -0.986. The summed E-state index contributed by atoms with van der Waals surface area (Å²) in [7, 11) is 0. The molecule has 1 aromatic rings. The first kappa shape index (κ1) is 13.0. The molecule has 0 saturated carbocycles. The maximum absolute atomic E-state index is 11.3. The van der Waals surface area contributed by atoms with Gasteiger partial charge in [0.1, 0.15) is 5.75 Å². The van der Waals surface area contributed by atoms with Crippen molar-refractivity contribution in [2.45, 2.75) is 20.3 Å². The third-order valence-electron chi connectivity index (χ3n) is 2.25. The number of carboxylic acids is 1. The van der Waals surface area contributed by atoms with Crippen LogP contribution >= 0.6 is 0 Å². The fourth-order valence-electron chi connectivity index (χ4n) is 1.33. The average Bonchev–Trinajstić information content (AvgIpc) is 2.28. The Morgan fingerprint density at radius 2 is 2.06 bits per heavy atom. The van der Waals surface area contributed by atoms with Gasteiger partial charge in [-0.15, -0.1) is 0 Å². The highest BCUT2D eigenvalue weighted by molar-refractivity contribution is 5.91. The molecule has 4 heteroatoms. The van der Waals surface area contributed by atoms with E-state index in [9.17, 15) is 9.59 Å². The van der Waals surface area contributed by atoms with E-state index in [0.717, 1.165) is 0 Å². The molecule has 0 spiro atoms. The van der Waals surface area contributed by atoms with Crippen LogP contribution in [0.4, 0.5) is 0 Å². The number of rotatable bonds is 4. The van der Waals surface area contributed by atoms with E-state index in [0.29, 0.717) is 23.3 Å². The van der Waals surface area contributed by atoms with Gasteiger partial charge in [0, 0.05) is 5.57 Å². The average molecular weight is 234 g/mol. The van der Waals surface area contributed by atoms with Crippen LogP contribution in [0.5, 0.6) is 5.75 Å². The number of aryl methyl sites for hydroxylation is 1. The van der Waals surface area contributed by atoms with Gasteiger partial charge in [0.05, 0.1) is 5.56 Å². The van der Waals surface area contributed by atoms with E-state index in [4.69, 9.17) is 9.84 Å². The fourth-order valence-corrected chi connectivity index (χ4v) is 1.33. The molecule has 90 valence electrons. The number of hydrogen-bond donors (Lipinski definition) is 1. The smallest absolute Gasteiger partial charge is 0.338 e. The quantitative estimate of drug-likeness (QED) is 0.493. The number of aromatic carboxylic acids is 1. The second kappa shape index (κ2) is 5.30. The molecule has 0 bridgehead atoms. The topological polar surface area (TPSA) is 63.6 Å². The highest BCUT2D eigenvalue weighted by Gasteiger charge is 2.11. The number of benzene rings is 1. The van der Waals surface area contributed by atoms with Crippen molar-refractivity contribution in [3.63, 3.8) is 0 Å². The molecule has 0 heterocycles. The van der Waals surface area contributed by atoms with Crippen LogP contribution in [-0.4, -0.2) is 17.0 Å². The first-order valence-corrected chi connectivity index (χ1v) is 5.19. The lowest BCUT2D eigenvalue weighted by Crippen LogP contribution is -2.09. The fraction of sp³-hybridized carbons (Fsp3) is 0.231. The van der Waals surface area contributed by atoms with E-state index in [1.807, 2.05) is 6.92 Å². The standard InChI is InChI=1S/C13H14O4/c1-4-9-7-10(17-13(16)8(2)3)5-6-11(9)12(14)15/h5-7H,2,4H2,1,3H3,(H,14,15). The Hall–Kier alpha value is -2.10. The summed E-state index contributed by atoms with van der Waals surface area (Å²) in [6.45, 7) is 6.86. The molecule has 17 heavy (non-hydrogen) atoms. The monoisotopic (exact) mass is 234 g/mol. The lowest BCUT2D eigenvalue weighted by molar-refractivity contribution is -0.130. The van der Waals surface area contributed by atoms with Crippen molar-refractivity contribution in [3.8, 4) is 5.75 Å². The third kappa shape index (κ3) is 3.17. The summed E-state index contributed by atoms with van der Waals surface area (Å²) in [6, 6.07) is 4.45. The molecule has 1 rings (SSSR count). The summed E-state index contributed by atoms with van der Waals surface area (Å²) in [5, 5.41) is 8.94. The summed E-state index contributed by atoms with van der Waals surface area (Å²) >= 11 is 0. The SMILES string of the molecule is C=C(C)C(=O)Oc1ccc(C(=O)O)c(CC)c1. The van der Waals surface area contributed by atoms with Crippen molar-refractivity contribution in [2.24, 2.45) is 0 Å². The minimum Gasteiger partial charge on any atom is -0.478 e. The van der Waals surface area contributed by atoms with E-state index in [1.54, 1.807) is 13.0 Å². The number of carbonyl (C=O) groups excluding carboxylic acids is 1. The zero-order valence-corrected chi connectivity index (χ0v) is 9.82. The molecule has 0 aliphatic carbocycles. The summed E-state index contributed by atoms with van der Waals surface area (Å²) in [5.41, 5.74) is 1.15. The Kier molecular flexibility index (Phi) is 4.04. The summed E-state index contributed by atoms with van der Waals surface area (Å²) in [4.78, 5) is 22.2. The van der Waals surface area contributed by atoms with Crippen LogP contribution in [0.1, 0.15) is 29.8 Å². The molecule has 4 nitrogen and oxygen atoms in total. The van der Waals surface area contributed by atoms with Gasteiger partial charge < -0.3 is 9.84 Å². The minimum absolute atomic E-state index is 0.225. The molecule has 0 unspecified atom stereocenters. The normalized spacial score (nSPS) is 9.76. The molecule has 1 N–H and O–H groups in total. The summed E-state index contributed by atoms with van der Waals surface area (Å²) < 4.78 is 5.02. The molecule has 0 fully saturated rings. The van der Waals surface area contributed by atoms with Crippen LogP contribution in [0.25, 0.3) is 0 Å². The van der Waals surface area contributed by atoms with Crippen LogP contribution in [-0.2, 0) is 11.2 Å². The van der Waals surface area contributed by atoms with Gasteiger partial charge in [0.25, 0.3) is 0 Å². The van der Waals surface area contributed by atoms with Gasteiger partial charge in [0.2, 0.25) is 0 Å². The Morgan fingerprint density at radius 1 is 1.41 bits per heavy atom. The van der Waals surface area contributed by atoms with Gasteiger partial charge in [-0.1, -0.05) is 13.5 Å². The zero-order chi connectivity index (χ0) is 13.0. The van der Waals surface area contributed by atoms with Crippen molar-refractivity contribution in [3.05, 3.63) is 41.5 Å². The first-order valence-electron chi connectivity index (χ1n) is 5.19. The van der Waals surface area contributed by atoms with E-state index < -0.39 is 11.9 Å². The molecule has 0 atom stereocenters. The largest absolute Gasteiger partial charge is 0.478 e. The molecule has 1 aromatic carbocycles. The lowest BCUT2D eigenvalue weighted by atomic mass is 10.1. The van der Waals surface area contributed by atoms with Crippen LogP contribution in [0, 0.1) is 0 Å². The van der Waals surface area contributed by atoms with E-state index >= 15 is 0 Å². The molecule has 0 aliphatic heterocycles. The number of hydrogen-bond acceptors (Lipinski definition) is 3. The Balaban J connectivity index is 3.01. The van der Waals surface area contributed by atoms with Crippen LogP contribution in [0.3, 0.4) is 0 Å². The Bertz CT molecular complexity index is 474. The Morgan fingerprint density at radius 3 is 2.53 bits per heavy atom. The van der Waals surface area contributed by atoms with Gasteiger partial charge in [-0.05, 0) is 37.1 Å². The predicted molar refractivity (Wildman–Crippen MR) is 63.2 cm³/mol. The Labute approximate surface area is 99.5 Å². The summed E-state index contributed by atoms with van der Waals surface area (Å²) in [5.74, 6) is -1.17. The zero-order valence-electron chi connectivity index (χ0n) is 9.82. The van der Waals surface area contributed by atoms with Crippen molar-refractivity contribution in [1.29, 1.82) is 0 Å².